The van der Waals surface area contributed by atoms with Gasteiger partial charge in [0.25, 0.3) is 0 Å². The van der Waals surface area contributed by atoms with Crippen molar-refractivity contribution in [3.05, 3.63) is 53.6 Å². The Hall–Kier alpha value is -3.24. The molecule has 1 saturated carbocycles. The van der Waals surface area contributed by atoms with Crippen molar-refractivity contribution in [1.29, 1.82) is 5.26 Å². The molecule has 0 bridgehead atoms. The topological polar surface area (TPSA) is 77.8 Å². The van der Waals surface area contributed by atoms with Gasteiger partial charge in [-0.25, -0.2) is 0 Å². The Balaban J connectivity index is 1.24. The molecule has 2 fully saturated rings. The molecule has 1 amide bonds. The highest BCUT2D eigenvalue weighted by molar-refractivity contribution is 5.79. The Morgan fingerprint density at radius 2 is 1.76 bits per heavy atom. The fourth-order valence-electron chi connectivity index (χ4n) is 5.53. The first-order valence-electron chi connectivity index (χ1n) is 12.3. The third-order valence-electron chi connectivity index (χ3n) is 7.25. The number of amides is 1. The number of hydrogen-bond donors (Lipinski definition) is 1. The average molecular weight is 461 g/mol. The molecular weight excluding hydrogens is 428 g/mol. The molecule has 0 aromatic heterocycles. The Morgan fingerprint density at radius 3 is 2.59 bits per heavy atom. The van der Waals surface area contributed by atoms with Gasteiger partial charge >= 0.3 is 0 Å². The first-order valence-corrected chi connectivity index (χ1v) is 12.3. The van der Waals surface area contributed by atoms with Gasteiger partial charge in [-0.15, -0.1) is 0 Å². The van der Waals surface area contributed by atoms with E-state index in [2.05, 4.69) is 33.3 Å². The molecule has 1 saturated heterocycles. The molecule has 0 unspecified atom stereocenters. The van der Waals surface area contributed by atoms with Crippen LogP contribution in [0, 0.1) is 11.3 Å². The van der Waals surface area contributed by atoms with Crippen molar-refractivity contribution in [1.82, 2.24) is 10.2 Å². The van der Waals surface area contributed by atoms with Crippen LogP contribution in [-0.4, -0.2) is 56.7 Å². The number of carbonyl (C=O) groups is 1. The van der Waals surface area contributed by atoms with Gasteiger partial charge in [0, 0.05) is 26.2 Å². The summed E-state index contributed by atoms with van der Waals surface area (Å²) in [6.45, 7) is 4.88. The number of carbonyl (C=O) groups excluding carboxylic acids is 1. The highest BCUT2D eigenvalue weighted by atomic mass is 16.6. The van der Waals surface area contributed by atoms with E-state index in [1.165, 1.54) is 0 Å². The van der Waals surface area contributed by atoms with E-state index in [0.29, 0.717) is 25.3 Å². The summed E-state index contributed by atoms with van der Waals surface area (Å²) >= 11 is 0. The Morgan fingerprint density at radius 1 is 0.971 bits per heavy atom. The fourth-order valence-corrected chi connectivity index (χ4v) is 5.53. The highest BCUT2D eigenvalue weighted by Gasteiger charge is 2.38. The maximum absolute atomic E-state index is 13.2. The molecule has 34 heavy (non-hydrogen) atoms. The Bertz CT molecular complexity index is 1070. The van der Waals surface area contributed by atoms with Crippen molar-refractivity contribution >= 4 is 11.6 Å². The average Bonchev–Trinajstić information content (AvgIpc) is 3.23. The Kier molecular flexibility index (Phi) is 6.59. The summed E-state index contributed by atoms with van der Waals surface area (Å²) in [7, 11) is 0. The van der Waals surface area contributed by atoms with Crippen molar-refractivity contribution in [3.8, 4) is 17.6 Å². The van der Waals surface area contributed by atoms with Crippen LogP contribution >= 0.6 is 0 Å². The zero-order valence-electron chi connectivity index (χ0n) is 19.6. The van der Waals surface area contributed by atoms with Crippen molar-refractivity contribution < 1.29 is 14.3 Å². The highest BCUT2D eigenvalue weighted by Crippen LogP contribution is 2.42. The van der Waals surface area contributed by atoms with Crippen LogP contribution < -0.4 is 19.7 Å². The molecule has 5 rings (SSSR count). The van der Waals surface area contributed by atoms with Crippen LogP contribution in [0.15, 0.2) is 42.5 Å². The molecule has 0 atom stereocenters. The SMILES string of the molecule is N#Cc1ccccc1N1CCCN(CC(=O)NC2(c3ccc4c(c3)OCCO4)CCCC2)CC1. The predicted molar refractivity (Wildman–Crippen MR) is 130 cm³/mol. The van der Waals surface area contributed by atoms with Gasteiger partial charge < -0.3 is 19.7 Å². The standard InChI is InChI=1S/C27H32N4O3/c28-19-21-6-1-2-7-23(21)31-13-5-12-30(14-15-31)20-26(32)29-27(10-3-4-11-27)22-8-9-24-25(18-22)34-17-16-33-24/h1-2,6-9,18H,3-5,10-17,20H2,(H,29,32). The molecule has 1 N–H and O–H groups in total. The van der Waals surface area contributed by atoms with Crippen LogP contribution in [0.4, 0.5) is 5.69 Å². The fraction of sp³-hybridized carbons (Fsp3) is 0.481. The number of nitrogens with one attached hydrogen (secondary N) is 1. The molecule has 2 heterocycles. The zero-order chi connectivity index (χ0) is 23.4. The van der Waals surface area contributed by atoms with E-state index in [1.54, 1.807) is 0 Å². The minimum Gasteiger partial charge on any atom is -0.486 e. The summed E-state index contributed by atoms with van der Waals surface area (Å²) in [6.07, 6.45) is 5.05. The smallest absolute Gasteiger partial charge is 0.234 e. The molecule has 7 nitrogen and oxygen atoms in total. The van der Waals surface area contributed by atoms with Crippen LogP contribution in [-0.2, 0) is 10.3 Å². The van der Waals surface area contributed by atoms with E-state index in [1.807, 2.05) is 30.3 Å². The minimum absolute atomic E-state index is 0.0719. The maximum atomic E-state index is 13.2. The number of benzene rings is 2. The summed E-state index contributed by atoms with van der Waals surface area (Å²) < 4.78 is 11.5. The molecule has 2 aromatic rings. The summed E-state index contributed by atoms with van der Waals surface area (Å²) in [6, 6.07) is 16.2. The van der Waals surface area contributed by atoms with Crippen LogP contribution in [0.25, 0.3) is 0 Å². The van der Waals surface area contributed by atoms with Gasteiger partial charge in [-0.1, -0.05) is 31.0 Å². The lowest BCUT2D eigenvalue weighted by Crippen LogP contribution is -2.48. The molecule has 3 aliphatic rings. The van der Waals surface area contributed by atoms with E-state index in [4.69, 9.17) is 9.47 Å². The van der Waals surface area contributed by atoms with Crippen LogP contribution in [0.1, 0.15) is 43.2 Å². The van der Waals surface area contributed by atoms with Crippen molar-refractivity contribution in [2.75, 3.05) is 50.8 Å². The van der Waals surface area contributed by atoms with E-state index < -0.39 is 0 Å². The summed E-state index contributed by atoms with van der Waals surface area (Å²) in [5.41, 5.74) is 2.46. The van der Waals surface area contributed by atoms with Gasteiger partial charge in [0.15, 0.2) is 11.5 Å². The zero-order valence-corrected chi connectivity index (χ0v) is 19.6. The summed E-state index contributed by atoms with van der Waals surface area (Å²) in [5.74, 6) is 1.62. The molecule has 2 aliphatic heterocycles. The Labute approximate surface area is 201 Å². The molecule has 7 heteroatoms. The lowest BCUT2D eigenvalue weighted by Gasteiger charge is -2.33. The normalized spacial score (nSPS) is 19.8. The van der Waals surface area contributed by atoms with E-state index in [-0.39, 0.29) is 11.4 Å². The number of fused-ring (bicyclic) bond motifs is 1. The molecular formula is C27H32N4O3. The monoisotopic (exact) mass is 460 g/mol. The van der Waals surface area contributed by atoms with Crippen molar-refractivity contribution in [2.24, 2.45) is 0 Å². The van der Waals surface area contributed by atoms with Crippen molar-refractivity contribution in [2.45, 2.75) is 37.6 Å². The van der Waals surface area contributed by atoms with Gasteiger partial charge in [-0.05, 0) is 49.1 Å². The summed E-state index contributed by atoms with van der Waals surface area (Å²) in [4.78, 5) is 17.7. The number of nitrogens with zero attached hydrogens (tertiary/aromatic N) is 3. The number of ether oxygens (including phenoxy) is 2. The first-order chi connectivity index (χ1) is 16.7. The van der Waals surface area contributed by atoms with Gasteiger partial charge in [0.05, 0.1) is 23.3 Å². The lowest BCUT2D eigenvalue weighted by molar-refractivity contribution is -0.124. The van der Waals surface area contributed by atoms with Crippen LogP contribution in [0.3, 0.4) is 0 Å². The third kappa shape index (κ3) is 4.69. The second-order valence-electron chi connectivity index (χ2n) is 9.44. The van der Waals surface area contributed by atoms with Gasteiger partial charge in [-0.3, -0.25) is 9.69 Å². The lowest BCUT2D eigenvalue weighted by atomic mass is 9.87. The van der Waals surface area contributed by atoms with E-state index >= 15 is 0 Å². The quantitative estimate of drug-likeness (QED) is 0.737. The number of hydrogen-bond acceptors (Lipinski definition) is 6. The molecule has 0 radical (unpaired) electrons. The minimum atomic E-state index is -0.337. The number of nitriles is 1. The first kappa shape index (κ1) is 22.5. The number of anilines is 1. The van der Waals surface area contributed by atoms with Gasteiger partial charge in [0.2, 0.25) is 5.91 Å². The van der Waals surface area contributed by atoms with Crippen LogP contribution in [0.2, 0.25) is 0 Å². The summed E-state index contributed by atoms with van der Waals surface area (Å²) in [5, 5.41) is 12.9. The second-order valence-corrected chi connectivity index (χ2v) is 9.44. The third-order valence-corrected chi connectivity index (χ3v) is 7.25. The number of para-hydroxylation sites is 1. The van der Waals surface area contributed by atoms with Crippen LogP contribution in [0.5, 0.6) is 11.5 Å². The van der Waals surface area contributed by atoms with Gasteiger partial charge in [-0.2, -0.15) is 5.26 Å². The second kappa shape index (κ2) is 9.94. The van der Waals surface area contributed by atoms with E-state index in [0.717, 1.165) is 81.0 Å². The van der Waals surface area contributed by atoms with E-state index in [9.17, 15) is 10.1 Å². The van der Waals surface area contributed by atoms with Gasteiger partial charge in [0.1, 0.15) is 19.3 Å². The largest absolute Gasteiger partial charge is 0.486 e. The predicted octanol–water partition coefficient (Wildman–Crippen LogP) is 3.43. The number of rotatable bonds is 5. The molecule has 0 spiro atoms. The maximum Gasteiger partial charge on any atom is 0.234 e. The molecule has 178 valence electrons. The van der Waals surface area contributed by atoms with Crippen molar-refractivity contribution in [3.63, 3.8) is 0 Å². The molecule has 1 aliphatic carbocycles. The molecule has 2 aromatic carbocycles.